The second-order valence-corrected chi connectivity index (χ2v) is 2.31. The van der Waals surface area contributed by atoms with Crippen LogP contribution < -0.4 is 5.73 Å². The molecule has 0 saturated heterocycles. The molecule has 0 aliphatic rings. The third kappa shape index (κ3) is 0.813. The number of anilines is 1. The zero-order valence-corrected chi connectivity index (χ0v) is 6.00. The van der Waals surface area contributed by atoms with E-state index < -0.39 is 0 Å². The number of hydrogen-bond donors (Lipinski definition) is 2. The van der Waals surface area contributed by atoms with Crippen LogP contribution in [0.25, 0.3) is 11.0 Å². The molecule has 2 rings (SSSR count). The van der Waals surface area contributed by atoms with E-state index in [1.807, 2.05) is 6.92 Å². The van der Waals surface area contributed by atoms with Gasteiger partial charge in [-0.1, -0.05) is 0 Å². The van der Waals surface area contributed by atoms with E-state index in [1.165, 1.54) is 0 Å². The maximum atomic E-state index is 5.51. The number of imidazole rings is 1. The zero-order valence-electron chi connectivity index (χ0n) is 6.00. The van der Waals surface area contributed by atoms with Crippen molar-refractivity contribution < 1.29 is 0 Å². The Bertz CT molecular complexity index is 391. The highest BCUT2D eigenvalue weighted by Gasteiger charge is 2.02. The molecule has 0 radical (unpaired) electrons. The normalized spacial score (nSPS) is 10.6. The van der Waals surface area contributed by atoms with Crippen molar-refractivity contribution in [3.8, 4) is 0 Å². The van der Waals surface area contributed by atoms with Crippen molar-refractivity contribution >= 4 is 16.9 Å². The van der Waals surface area contributed by atoms with E-state index in [4.69, 9.17) is 5.73 Å². The van der Waals surface area contributed by atoms with Gasteiger partial charge in [-0.15, -0.1) is 5.10 Å². The monoisotopic (exact) mass is 149 g/mol. The highest BCUT2D eigenvalue weighted by atomic mass is 15.1. The van der Waals surface area contributed by atoms with E-state index in [2.05, 4.69) is 20.2 Å². The lowest BCUT2D eigenvalue weighted by atomic mass is 10.4. The molecule has 0 saturated carbocycles. The number of nitrogens with zero attached hydrogens (tertiary/aromatic N) is 3. The first kappa shape index (κ1) is 6.09. The first-order chi connectivity index (χ1) is 5.27. The Hall–Kier alpha value is -1.65. The quantitative estimate of drug-likeness (QED) is 0.562. The van der Waals surface area contributed by atoms with Gasteiger partial charge in [0.1, 0.15) is 11.3 Å². The molecule has 0 aliphatic carbocycles. The summed E-state index contributed by atoms with van der Waals surface area (Å²) in [5.41, 5.74) is 7.03. The van der Waals surface area contributed by atoms with Crippen molar-refractivity contribution in [3.63, 3.8) is 0 Å². The molecule has 5 nitrogen and oxygen atoms in total. The molecule has 0 atom stereocenters. The van der Waals surface area contributed by atoms with Crippen LogP contribution in [-0.2, 0) is 0 Å². The van der Waals surface area contributed by atoms with Gasteiger partial charge in [0, 0.05) is 0 Å². The summed E-state index contributed by atoms with van der Waals surface area (Å²) < 4.78 is 0. The Morgan fingerprint density at radius 3 is 3.09 bits per heavy atom. The summed E-state index contributed by atoms with van der Waals surface area (Å²) in [5, 5.41) is 7.35. The van der Waals surface area contributed by atoms with Crippen molar-refractivity contribution in [1.82, 2.24) is 20.2 Å². The standard InChI is InChI=1S/C6H7N5/c1-3-9-4-2-8-11-6(7)5(4)10-3/h2H,1H3,(H2,7,11)(H,9,10). The van der Waals surface area contributed by atoms with Crippen LogP contribution in [0, 0.1) is 6.92 Å². The molecule has 0 aliphatic heterocycles. The van der Waals surface area contributed by atoms with Crippen LogP contribution >= 0.6 is 0 Å². The molecule has 0 aromatic carbocycles. The molecule has 0 bridgehead atoms. The van der Waals surface area contributed by atoms with Gasteiger partial charge >= 0.3 is 0 Å². The van der Waals surface area contributed by atoms with Crippen LogP contribution in [0.5, 0.6) is 0 Å². The predicted octanol–water partition coefficient (Wildman–Crippen LogP) is 0.244. The smallest absolute Gasteiger partial charge is 0.174 e. The third-order valence-corrected chi connectivity index (χ3v) is 1.45. The van der Waals surface area contributed by atoms with Crippen LogP contribution in [0.4, 0.5) is 5.82 Å². The second kappa shape index (κ2) is 1.91. The van der Waals surface area contributed by atoms with Crippen molar-refractivity contribution in [1.29, 1.82) is 0 Å². The van der Waals surface area contributed by atoms with E-state index in [0.717, 1.165) is 11.3 Å². The lowest BCUT2D eigenvalue weighted by Gasteiger charge is -1.88. The zero-order chi connectivity index (χ0) is 7.84. The maximum absolute atomic E-state index is 5.51. The number of aromatic amines is 1. The number of aromatic nitrogens is 4. The Morgan fingerprint density at radius 2 is 2.36 bits per heavy atom. The van der Waals surface area contributed by atoms with Gasteiger partial charge in [0.2, 0.25) is 0 Å². The first-order valence-electron chi connectivity index (χ1n) is 3.21. The number of hydrogen-bond acceptors (Lipinski definition) is 4. The summed E-state index contributed by atoms with van der Waals surface area (Å²) >= 11 is 0. The minimum atomic E-state index is 0.367. The fourth-order valence-corrected chi connectivity index (χ4v) is 0.995. The van der Waals surface area contributed by atoms with Crippen molar-refractivity contribution in [3.05, 3.63) is 12.0 Å². The van der Waals surface area contributed by atoms with E-state index in [9.17, 15) is 0 Å². The predicted molar refractivity (Wildman–Crippen MR) is 40.8 cm³/mol. The molecule has 0 spiro atoms. The van der Waals surface area contributed by atoms with Crippen LogP contribution in [0.15, 0.2) is 6.20 Å². The van der Waals surface area contributed by atoms with E-state index in [-0.39, 0.29) is 0 Å². The summed E-state index contributed by atoms with van der Waals surface area (Å²) in [5.74, 6) is 1.19. The summed E-state index contributed by atoms with van der Waals surface area (Å²) in [6.45, 7) is 1.86. The lowest BCUT2D eigenvalue weighted by molar-refractivity contribution is 1.06. The van der Waals surface area contributed by atoms with Gasteiger partial charge in [-0.2, -0.15) is 5.10 Å². The molecule has 5 heteroatoms. The average Bonchev–Trinajstić information content (AvgIpc) is 2.31. The first-order valence-corrected chi connectivity index (χ1v) is 3.21. The van der Waals surface area contributed by atoms with Crippen LogP contribution in [0.3, 0.4) is 0 Å². The van der Waals surface area contributed by atoms with Gasteiger partial charge < -0.3 is 10.7 Å². The van der Waals surface area contributed by atoms with E-state index in [1.54, 1.807) is 6.20 Å². The Kier molecular flexibility index (Phi) is 1.06. The highest BCUT2D eigenvalue weighted by molar-refractivity contribution is 5.83. The van der Waals surface area contributed by atoms with Crippen LogP contribution in [-0.4, -0.2) is 20.2 Å². The van der Waals surface area contributed by atoms with Crippen molar-refractivity contribution in [2.75, 3.05) is 5.73 Å². The molecule has 0 amide bonds. The molecule has 2 aromatic rings. The topological polar surface area (TPSA) is 80.5 Å². The number of aryl methyl sites for hydroxylation is 1. The molecule has 2 heterocycles. The van der Waals surface area contributed by atoms with Crippen LogP contribution in [0.1, 0.15) is 5.82 Å². The third-order valence-electron chi connectivity index (χ3n) is 1.45. The maximum Gasteiger partial charge on any atom is 0.174 e. The molecule has 56 valence electrons. The molecular weight excluding hydrogens is 142 g/mol. The van der Waals surface area contributed by atoms with Gasteiger partial charge in [-0.05, 0) is 6.92 Å². The van der Waals surface area contributed by atoms with E-state index in [0.29, 0.717) is 11.3 Å². The number of nitrogens with one attached hydrogen (secondary N) is 1. The Labute approximate surface area is 62.7 Å². The highest BCUT2D eigenvalue weighted by Crippen LogP contribution is 2.12. The molecule has 0 unspecified atom stereocenters. The fraction of sp³-hybridized carbons (Fsp3) is 0.167. The fourth-order valence-electron chi connectivity index (χ4n) is 0.995. The van der Waals surface area contributed by atoms with E-state index >= 15 is 0 Å². The lowest BCUT2D eigenvalue weighted by Crippen LogP contribution is -1.92. The molecule has 11 heavy (non-hydrogen) atoms. The molecule has 2 aromatic heterocycles. The van der Waals surface area contributed by atoms with Crippen molar-refractivity contribution in [2.45, 2.75) is 6.92 Å². The number of H-pyrrole nitrogens is 1. The summed E-state index contributed by atoms with van der Waals surface area (Å²) in [6.07, 6.45) is 1.60. The Balaban J connectivity index is 2.90. The second-order valence-electron chi connectivity index (χ2n) is 2.31. The SMILES string of the molecule is Cc1nc2c(N)nncc2[nH]1. The molecule has 0 fully saturated rings. The van der Waals surface area contributed by atoms with Crippen LogP contribution in [0.2, 0.25) is 0 Å². The van der Waals surface area contributed by atoms with Crippen molar-refractivity contribution in [2.24, 2.45) is 0 Å². The summed E-state index contributed by atoms with van der Waals surface area (Å²) in [6, 6.07) is 0. The summed E-state index contributed by atoms with van der Waals surface area (Å²) in [7, 11) is 0. The largest absolute Gasteiger partial charge is 0.380 e. The number of nitrogens with two attached hydrogens (primary N) is 1. The minimum absolute atomic E-state index is 0.367. The number of fused-ring (bicyclic) bond motifs is 1. The number of nitrogen functional groups attached to an aromatic ring is 1. The van der Waals surface area contributed by atoms with Gasteiger partial charge in [0.15, 0.2) is 5.82 Å². The molecular formula is C6H7N5. The summed E-state index contributed by atoms with van der Waals surface area (Å²) in [4.78, 5) is 7.14. The van der Waals surface area contributed by atoms with Gasteiger partial charge in [0.05, 0.1) is 11.7 Å². The Morgan fingerprint density at radius 1 is 1.55 bits per heavy atom. The van der Waals surface area contributed by atoms with Gasteiger partial charge in [-0.3, -0.25) is 0 Å². The minimum Gasteiger partial charge on any atom is -0.380 e. The number of rotatable bonds is 0. The average molecular weight is 149 g/mol. The molecule has 3 N–H and O–H groups in total. The van der Waals surface area contributed by atoms with Gasteiger partial charge in [0.25, 0.3) is 0 Å². The van der Waals surface area contributed by atoms with Gasteiger partial charge in [-0.25, -0.2) is 4.98 Å².